The maximum atomic E-state index is 2.24. The molecule has 0 fully saturated rings. The van der Waals surface area contributed by atoms with Gasteiger partial charge in [0.2, 0.25) is 0 Å². The van der Waals surface area contributed by atoms with Crippen LogP contribution in [0.5, 0.6) is 0 Å². The first-order valence-electron chi connectivity index (χ1n) is 3.50. The molecule has 4 heteroatoms. The summed E-state index contributed by atoms with van der Waals surface area (Å²) in [6.07, 6.45) is 0. The summed E-state index contributed by atoms with van der Waals surface area (Å²) in [6.45, 7) is 0. The standard InChI is InChI=1S/C8H10I2N2/c1-11(2)7-3-5-8(6-4-7)12(9)10/h3-6H,1-2H3. The van der Waals surface area contributed by atoms with Gasteiger partial charge >= 0.3 is 0 Å². The molecule has 0 atom stereocenters. The van der Waals surface area contributed by atoms with E-state index >= 15 is 0 Å². The highest BCUT2D eigenvalue weighted by atomic mass is 127. The molecular formula is C8H10I2N2. The first kappa shape index (κ1) is 10.4. The van der Waals surface area contributed by atoms with Crippen LogP contribution in [0.2, 0.25) is 0 Å². The fourth-order valence-electron chi connectivity index (χ4n) is 0.863. The lowest BCUT2D eigenvalue weighted by Gasteiger charge is -2.13. The average Bonchev–Trinajstić information content (AvgIpc) is 2.04. The molecule has 0 radical (unpaired) electrons. The fourth-order valence-corrected chi connectivity index (χ4v) is 1.51. The van der Waals surface area contributed by atoms with Crippen molar-refractivity contribution in [3.05, 3.63) is 24.3 Å². The van der Waals surface area contributed by atoms with E-state index in [4.69, 9.17) is 0 Å². The summed E-state index contributed by atoms with van der Waals surface area (Å²) < 4.78 is 2.04. The van der Waals surface area contributed by atoms with Crippen LogP contribution in [0.4, 0.5) is 11.4 Å². The highest BCUT2D eigenvalue weighted by Gasteiger charge is 1.98. The summed E-state index contributed by atoms with van der Waals surface area (Å²) >= 11 is 4.49. The SMILES string of the molecule is CN(C)c1ccc(N(I)I)cc1. The predicted octanol–water partition coefficient (Wildman–Crippen LogP) is 3.26. The predicted molar refractivity (Wildman–Crippen MR) is 71.3 cm³/mol. The van der Waals surface area contributed by atoms with E-state index in [9.17, 15) is 0 Å². The average molecular weight is 388 g/mol. The fraction of sp³-hybridized carbons (Fsp3) is 0.250. The Bertz CT molecular complexity index is 217. The van der Waals surface area contributed by atoms with E-state index in [0.717, 1.165) is 0 Å². The molecule has 0 amide bonds. The molecule has 66 valence electrons. The maximum absolute atomic E-state index is 2.24. The Balaban J connectivity index is 2.86. The van der Waals surface area contributed by atoms with Crippen LogP contribution in [0.1, 0.15) is 0 Å². The van der Waals surface area contributed by atoms with Crippen LogP contribution in [0.25, 0.3) is 0 Å². The molecule has 1 aromatic rings. The molecule has 0 aliphatic rings. The second-order valence-corrected chi connectivity index (χ2v) is 6.42. The topological polar surface area (TPSA) is 6.48 Å². The Morgan fingerprint density at radius 3 is 1.67 bits per heavy atom. The van der Waals surface area contributed by atoms with Gasteiger partial charge in [-0.1, -0.05) is 0 Å². The van der Waals surface area contributed by atoms with Gasteiger partial charge in [-0.15, -0.1) is 0 Å². The Hall–Kier alpha value is 0.280. The molecule has 0 N–H and O–H groups in total. The van der Waals surface area contributed by atoms with Crippen LogP contribution >= 0.6 is 45.7 Å². The minimum atomic E-state index is 1.21. The van der Waals surface area contributed by atoms with Gasteiger partial charge in [-0.05, 0) is 24.3 Å². The minimum Gasteiger partial charge on any atom is -0.378 e. The van der Waals surface area contributed by atoms with Crippen LogP contribution in [-0.2, 0) is 0 Å². The van der Waals surface area contributed by atoms with Crippen LogP contribution in [0.3, 0.4) is 0 Å². The van der Waals surface area contributed by atoms with Crippen LogP contribution in [0.15, 0.2) is 24.3 Å². The third kappa shape index (κ3) is 2.65. The lowest BCUT2D eigenvalue weighted by molar-refractivity contribution is 1.13. The Morgan fingerprint density at radius 2 is 1.33 bits per heavy atom. The van der Waals surface area contributed by atoms with Gasteiger partial charge in [0.05, 0.1) is 51.4 Å². The molecule has 0 bridgehead atoms. The van der Waals surface area contributed by atoms with Crippen LogP contribution < -0.4 is 6.23 Å². The Labute approximate surface area is 101 Å². The van der Waals surface area contributed by atoms with Gasteiger partial charge < -0.3 is 4.90 Å². The third-order valence-electron chi connectivity index (χ3n) is 1.56. The van der Waals surface area contributed by atoms with Gasteiger partial charge in [0.25, 0.3) is 0 Å². The number of halogens is 2. The molecule has 0 unspecified atom stereocenters. The van der Waals surface area contributed by atoms with Gasteiger partial charge in [-0.2, -0.15) is 0 Å². The third-order valence-corrected chi connectivity index (χ3v) is 2.68. The molecule has 0 aliphatic heterocycles. The van der Waals surface area contributed by atoms with Crippen molar-refractivity contribution < 1.29 is 0 Å². The molecule has 0 heterocycles. The molecular weight excluding hydrogens is 378 g/mol. The normalized spacial score (nSPS) is 9.67. The first-order chi connectivity index (χ1) is 5.61. The van der Waals surface area contributed by atoms with Crippen molar-refractivity contribution in [3.63, 3.8) is 0 Å². The molecule has 2 nitrogen and oxygen atoms in total. The molecule has 0 aliphatic carbocycles. The first-order valence-corrected chi connectivity index (χ1v) is 5.43. The van der Waals surface area contributed by atoms with E-state index in [0.29, 0.717) is 0 Å². The van der Waals surface area contributed by atoms with Gasteiger partial charge in [0.15, 0.2) is 0 Å². The lowest BCUT2D eigenvalue weighted by atomic mass is 10.3. The summed E-state index contributed by atoms with van der Waals surface area (Å²) in [4.78, 5) is 2.09. The highest BCUT2D eigenvalue weighted by Crippen LogP contribution is 2.24. The van der Waals surface area contributed by atoms with Gasteiger partial charge in [-0.25, -0.2) is 0 Å². The van der Waals surface area contributed by atoms with Crippen molar-refractivity contribution in [3.8, 4) is 0 Å². The summed E-state index contributed by atoms with van der Waals surface area (Å²) in [5.74, 6) is 0. The molecule has 12 heavy (non-hydrogen) atoms. The summed E-state index contributed by atoms with van der Waals surface area (Å²) in [5.41, 5.74) is 2.44. The summed E-state index contributed by atoms with van der Waals surface area (Å²) in [6, 6.07) is 8.43. The van der Waals surface area contributed by atoms with E-state index in [2.05, 4.69) is 74.9 Å². The summed E-state index contributed by atoms with van der Waals surface area (Å²) in [7, 11) is 4.09. The van der Waals surface area contributed by atoms with Crippen LogP contribution in [0, 0.1) is 0 Å². The zero-order valence-corrected chi connectivity index (χ0v) is 11.3. The minimum absolute atomic E-state index is 1.21. The van der Waals surface area contributed by atoms with E-state index < -0.39 is 0 Å². The smallest absolute Gasteiger partial charge is 0.0697 e. The van der Waals surface area contributed by atoms with Crippen LogP contribution in [-0.4, -0.2) is 14.1 Å². The van der Waals surface area contributed by atoms with Crippen molar-refractivity contribution in [1.82, 2.24) is 0 Å². The van der Waals surface area contributed by atoms with E-state index in [1.165, 1.54) is 11.4 Å². The number of hydrogen-bond acceptors (Lipinski definition) is 2. The number of anilines is 2. The van der Waals surface area contributed by atoms with Crippen molar-refractivity contribution in [1.29, 1.82) is 0 Å². The van der Waals surface area contributed by atoms with Crippen molar-refractivity contribution in [2.24, 2.45) is 0 Å². The quantitative estimate of drug-likeness (QED) is 0.567. The molecule has 0 aromatic heterocycles. The molecule has 0 saturated heterocycles. The lowest BCUT2D eigenvalue weighted by Crippen LogP contribution is -2.08. The van der Waals surface area contributed by atoms with Gasteiger partial charge in [0, 0.05) is 19.8 Å². The van der Waals surface area contributed by atoms with Gasteiger partial charge in [0.1, 0.15) is 0 Å². The maximum Gasteiger partial charge on any atom is 0.0697 e. The zero-order valence-electron chi connectivity index (χ0n) is 6.96. The van der Waals surface area contributed by atoms with Crippen molar-refractivity contribution in [2.45, 2.75) is 0 Å². The van der Waals surface area contributed by atoms with Gasteiger partial charge in [-0.3, -0.25) is 1.33 Å². The van der Waals surface area contributed by atoms with Crippen molar-refractivity contribution in [2.75, 3.05) is 20.3 Å². The van der Waals surface area contributed by atoms with E-state index in [1.807, 2.05) is 15.4 Å². The zero-order chi connectivity index (χ0) is 9.14. The summed E-state index contributed by atoms with van der Waals surface area (Å²) in [5, 5.41) is 0. The number of hydrogen-bond donors (Lipinski definition) is 0. The van der Waals surface area contributed by atoms with E-state index in [-0.39, 0.29) is 0 Å². The second-order valence-electron chi connectivity index (χ2n) is 2.64. The Morgan fingerprint density at radius 1 is 0.917 bits per heavy atom. The van der Waals surface area contributed by atoms with E-state index in [1.54, 1.807) is 0 Å². The number of rotatable bonds is 2. The number of nitrogens with zero attached hydrogens (tertiary/aromatic N) is 2. The monoisotopic (exact) mass is 388 g/mol. The molecule has 0 spiro atoms. The molecule has 0 saturated carbocycles. The highest BCUT2D eigenvalue weighted by molar-refractivity contribution is 14.2. The largest absolute Gasteiger partial charge is 0.378 e. The second kappa shape index (κ2) is 4.50. The molecule has 1 rings (SSSR count). The molecule has 1 aromatic carbocycles. The van der Waals surface area contributed by atoms with Crippen molar-refractivity contribution >= 4 is 57.1 Å². The Kier molecular flexibility index (Phi) is 3.88. The number of benzene rings is 1.